The van der Waals surface area contributed by atoms with E-state index in [4.69, 9.17) is 0 Å². The van der Waals surface area contributed by atoms with Gasteiger partial charge in [-0.15, -0.1) is 0 Å². The maximum absolute atomic E-state index is 12.0. The Kier molecular flexibility index (Phi) is 1.77. The molecule has 0 saturated heterocycles. The van der Waals surface area contributed by atoms with Crippen LogP contribution in [-0.4, -0.2) is 14.5 Å². The van der Waals surface area contributed by atoms with Gasteiger partial charge in [0.2, 0.25) is 0 Å². The molecule has 0 aromatic carbocycles. The summed E-state index contributed by atoms with van der Waals surface area (Å²) in [6.45, 7) is 0. The van der Waals surface area contributed by atoms with E-state index < -0.39 is 0 Å². The highest BCUT2D eigenvalue weighted by Gasteiger charge is 2.07. The zero-order valence-corrected chi connectivity index (χ0v) is 8.71. The lowest BCUT2D eigenvalue weighted by Gasteiger charge is -2.06. The minimum Gasteiger partial charge on any atom is -0.309 e. The fraction of sp³-hybridized carbons (Fsp3) is 0.0833. The fourth-order valence-corrected chi connectivity index (χ4v) is 1.93. The first-order valence-corrected chi connectivity index (χ1v) is 4.96. The number of pyridine rings is 3. The Morgan fingerprint density at radius 2 is 2.06 bits per heavy atom. The Labute approximate surface area is 91.2 Å². The molecule has 78 valence electrons. The van der Waals surface area contributed by atoms with Crippen LogP contribution < -0.4 is 5.56 Å². The van der Waals surface area contributed by atoms with E-state index in [1.54, 1.807) is 36.3 Å². The lowest BCUT2D eigenvalue weighted by atomic mass is 10.1. The summed E-state index contributed by atoms with van der Waals surface area (Å²) < 4.78 is 1.62. The van der Waals surface area contributed by atoms with Gasteiger partial charge in [-0.1, -0.05) is 0 Å². The van der Waals surface area contributed by atoms with E-state index in [1.165, 1.54) is 0 Å². The first kappa shape index (κ1) is 9.03. The molecule has 0 aliphatic carbocycles. The minimum atomic E-state index is -0.0158. The third kappa shape index (κ3) is 1.07. The molecular formula is C12H9N3O. The summed E-state index contributed by atoms with van der Waals surface area (Å²) in [7, 11) is 1.76. The van der Waals surface area contributed by atoms with Gasteiger partial charge >= 0.3 is 0 Å². The molecule has 3 aromatic heterocycles. The van der Waals surface area contributed by atoms with Crippen molar-refractivity contribution in [3.63, 3.8) is 0 Å². The second-order valence-corrected chi connectivity index (χ2v) is 3.66. The van der Waals surface area contributed by atoms with Gasteiger partial charge in [-0.2, -0.15) is 0 Å². The molecule has 0 fully saturated rings. The fourth-order valence-electron chi connectivity index (χ4n) is 1.93. The zero-order valence-electron chi connectivity index (χ0n) is 8.71. The molecule has 0 N–H and O–H groups in total. The summed E-state index contributed by atoms with van der Waals surface area (Å²) >= 11 is 0. The molecule has 0 bridgehead atoms. The van der Waals surface area contributed by atoms with Gasteiger partial charge in [0.1, 0.15) is 0 Å². The van der Waals surface area contributed by atoms with Crippen LogP contribution in [0.25, 0.3) is 21.8 Å². The summed E-state index contributed by atoms with van der Waals surface area (Å²) in [5, 5.41) is 1.46. The van der Waals surface area contributed by atoms with Gasteiger partial charge < -0.3 is 4.57 Å². The molecule has 4 nitrogen and oxygen atoms in total. The molecule has 0 atom stereocenters. The van der Waals surface area contributed by atoms with Crippen LogP contribution in [0.5, 0.6) is 0 Å². The summed E-state index contributed by atoms with van der Waals surface area (Å²) in [6, 6.07) is 5.44. The number of hydrogen-bond acceptors (Lipinski definition) is 3. The smallest absolute Gasteiger partial charge is 0.258 e. The van der Waals surface area contributed by atoms with Gasteiger partial charge in [-0.3, -0.25) is 14.8 Å². The average Bonchev–Trinajstić information content (AvgIpc) is 2.36. The van der Waals surface area contributed by atoms with E-state index in [1.807, 2.05) is 12.1 Å². The molecule has 0 saturated carbocycles. The van der Waals surface area contributed by atoms with Crippen LogP contribution in [0.2, 0.25) is 0 Å². The SMILES string of the molecule is Cn1c(=O)c2ccncc2c2ncccc21. The molecule has 0 aliphatic heterocycles. The van der Waals surface area contributed by atoms with E-state index in [9.17, 15) is 4.79 Å². The number of rotatable bonds is 0. The summed E-state index contributed by atoms with van der Waals surface area (Å²) in [6.07, 6.45) is 5.03. The predicted octanol–water partition coefficient (Wildman–Crippen LogP) is 1.48. The van der Waals surface area contributed by atoms with Gasteiger partial charge in [-0.25, -0.2) is 0 Å². The number of nitrogens with zero attached hydrogens (tertiary/aromatic N) is 3. The molecule has 3 heterocycles. The first-order chi connectivity index (χ1) is 7.79. The number of fused-ring (bicyclic) bond motifs is 3. The van der Waals surface area contributed by atoms with Crippen molar-refractivity contribution in [3.8, 4) is 0 Å². The normalized spacial score (nSPS) is 11.1. The van der Waals surface area contributed by atoms with Crippen LogP contribution in [0.4, 0.5) is 0 Å². The van der Waals surface area contributed by atoms with Crippen LogP contribution in [0.1, 0.15) is 0 Å². The highest BCUT2D eigenvalue weighted by atomic mass is 16.1. The van der Waals surface area contributed by atoms with E-state index in [2.05, 4.69) is 9.97 Å². The second-order valence-electron chi connectivity index (χ2n) is 3.66. The Morgan fingerprint density at radius 1 is 1.19 bits per heavy atom. The van der Waals surface area contributed by atoms with Gasteiger partial charge in [0, 0.05) is 31.0 Å². The molecule has 4 heteroatoms. The summed E-state index contributed by atoms with van der Waals surface area (Å²) in [5.74, 6) is 0. The van der Waals surface area contributed by atoms with Crippen molar-refractivity contribution in [1.29, 1.82) is 0 Å². The number of aryl methyl sites for hydroxylation is 1. The number of hydrogen-bond donors (Lipinski definition) is 0. The van der Waals surface area contributed by atoms with Crippen molar-refractivity contribution < 1.29 is 0 Å². The average molecular weight is 211 g/mol. The van der Waals surface area contributed by atoms with E-state index in [-0.39, 0.29) is 5.56 Å². The minimum absolute atomic E-state index is 0.0158. The van der Waals surface area contributed by atoms with Gasteiger partial charge in [0.15, 0.2) is 0 Å². The molecule has 0 amide bonds. The standard InChI is InChI=1S/C12H9N3O/c1-15-10-3-2-5-14-11(10)9-7-13-6-4-8(9)12(15)16/h2-7H,1H3. The summed E-state index contributed by atoms with van der Waals surface area (Å²) in [5.41, 5.74) is 1.62. The molecule has 0 unspecified atom stereocenters. The lowest BCUT2D eigenvalue weighted by molar-refractivity contribution is 0.915. The highest BCUT2D eigenvalue weighted by Crippen LogP contribution is 2.18. The Morgan fingerprint density at radius 3 is 2.94 bits per heavy atom. The molecular weight excluding hydrogens is 202 g/mol. The van der Waals surface area contributed by atoms with Crippen molar-refractivity contribution in [2.24, 2.45) is 7.05 Å². The lowest BCUT2D eigenvalue weighted by Crippen LogP contribution is -2.17. The molecule has 3 aromatic rings. The van der Waals surface area contributed by atoms with Crippen LogP contribution in [0.15, 0.2) is 41.6 Å². The van der Waals surface area contributed by atoms with Gasteiger partial charge in [-0.05, 0) is 18.2 Å². The molecule has 0 aliphatic rings. The second kappa shape index (κ2) is 3.13. The van der Waals surface area contributed by atoms with Gasteiger partial charge in [0.25, 0.3) is 5.56 Å². The van der Waals surface area contributed by atoms with E-state index in [0.29, 0.717) is 5.39 Å². The maximum atomic E-state index is 12.0. The van der Waals surface area contributed by atoms with Crippen molar-refractivity contribution >= 4 is 21.8 Å². The summed E-state index contributed by atoms with van der Waals surface area (Å²) in [4.78, 5) is 20.4. The maximum Gasteiger partial charge on any atom is 0.258 e. The van der Waals surface area contributed by atoms with E-state index >= 15 is 0 Å². The first-order valence-electron chi connectivity index (χ1n) is 4.96. The molecule has 0 radical (unpaired) electrons. The number of aromatic nitrogens is 3. The largest absolute Gasteiger partial charge is 0.309 e. The van der Waals surface area contributed by atoms with Crippen LogP contribution >= 0.6 is 0 Å². The van der Waals surface area contributed by atoms with Crippen molar-refractivity contribution in [2.45, 2.75) is 0 Å². The Balaban J connectivity index is 2.74. The Bertz CT molecular complexity index is 746. The van der Waals surface area contributed by atoms with Crippen LogP contribution in [-0.2, 0) is 7.05 Å². The monoisotopic (exact) mass is 211 g/mol. The molecule has 16 heavy (non-hydrogen) atoms. The van der Waals surface area contributed by atoms with Crippen molar-refractivity contribution in [2.75, 3.05) is 0 Å². The molecule has 0 spiro atoms. The molecule has 3 rings (SSSR count). The third-order valence-electron chi connectivity index (χ3n) is 2.76. The topological polar surface area (TPSA) is 47.8 Å². The van der Waals surface area contributed by atoms with Crippen molar-refractivity contribution in [3.05, 3.63) is 47.1 Å². The quantitative estimate of drug-likeness (QED) is 0.529. The third-order valence-corrected chi connectivity index (χ3v) is 2.76. The van der Waals surface area contributed by atoms with Crippen molar-refractivity contribution in [1.82, 2.24) is 14.5 Å². The van der Waals surface area contributed by atoms with Crippen LogP contribution in [0.3, 0.4) is 0 Å². The highest BCUT2D eigenvalue weighted by molar-refractivity contribution is 6.02. The predicted molar refractivity (Wildman–Crippen MR) is 62.3 cm³/mol. The van der Waals surface area contributed by atoms with E-state index in [0.717, 1.165) is 16.4 Å². The van der Waals surface area contributed by atoms with Crippen LogP contribution in [0, 0.1) is 0 Å². The Hall–Kier alpha value is -2.23. The van der Waals surface area contributed by atoms with Gasteiger partial charge in [0.05, 0.1) is 16.4 Å². The zero-order chi connectivity index (χ0) is 11.1.